The first kappa shape index (κ1) is 26.8. The Balaban J connectivity index is 1.28. The standard InChI is InChI=1S/C25H34ClN9O2/c1-19(27)31-35(28)18-22-14-23(26)4-2-21(22)3-5-24(36)33-8-6-32(7-9-33)17-20-15-29-25(30-16-20)34-10-12-37-13-11-34/h2-5,14-16H,6-13,17-18,28H2,1H3,(H2,27,31)/b5-3+. The number of piperazine rings is 1. The number of ether oxygens (including phenoxy) is 1. The maximum atomic E-state index is 12.9. The Hall–Kier alpha value is -3.25. The SMILES string of the molecule is C/C(N)=N/N(N)Cc1cc(Cl)ccc1/C=C/C(=O)N1CCN(Cc2cnc(N3CCOCC3)nc2)CC1. The summed E-state index contributed by atoms with van der Waals surface area (Å²) in [6.07, 6.45) is 7.17. The van der Waals surface area contributed by atoms with E-state index < -0.39 is 0 Å². The zero-order valence-electron chi connectivity index (χ0n) is 21.1. The van der Waals surface area contributed by atoms with Crippen LogP contribution in [0.3, 0.4) is 0 Å². The predicted octanol–water partition coefficient (Wildman–Crippen LogP) is 1.29. The van der Waals surface area contributed by atoms with E-state index in [1.807, 2.05) is 29.4 Å². The van der Waals surface area contributed by atoms with Crippen LogP contribution in [0.2, 0.25) is 5.02 Å². The van der Waals surface area contributed by atoms with Gasteiger partial charge in [0, 0.05) is 74.9 Å². The van der Waals surface area contributed by atoms with Crippen molar-refractivity contribution in [2.24, 2.45) is 16.7 Å². The van der Waals surface area contributed by atoms with Crippen molar-refractivity contribution in [3.8, 4) is 0 Å². The molecule has 3 heterocycles. The van der Waals surface area contributed by atoms with Crippen molar-refractivity contribution in [2.75, 3.05) is 57.4 Å². The van der Waals surface area contributed by atoms with Crippen molar-refractivity contribution in [1.82, 2.24) is 24.9 Å². The summed E-state index contributed by atoms with van der Waals surface area (Å²) in [5, 5.41) is 5.85. The molecule has 4 N–H and O–H groups in total. The Labute approximate surface area is 222 Å². The number of carbonyl (C=O) groups excluding carboxylic acids is 1. The van der Waals surface area contributed by atoms with Gasteiger partial charge >= 0.3 is 0 Å². The van der Waals surface area contributed by atoms with Crippen LogP contribution in [0, 0.1) is 0 Å². The van der Waals surface area contributed by atoms with E-state index in [0.717, 1.165) is 55.4 Å². The minimum Gasteiger partial charge on any atom is -0.386 e. The Morgan fingerprint density at radius 2 is 1.86 bits per heavy atom. The molecule has 12 heteroatoms. The van der Waals surface area contributed by atoms with E-state index in [2.05, 4.69) is 24.9 Å². The molecule has 2 aromatic rings. The monoisotopic (exact) mass is 527 g/mol. The molecule has 2 aliphatic rings. The first-order valence-corrected chi connectivity index (χ1v) is 12.7. The zero-order valence-corrected chi connectivity index (χ0v) is 21.8. The molecule has 1 aromatic heterocycles. The predicted molar refractivity (Wildman–Crippen MR) is 144 cm³/mol. The summed E-state index contributed by atoms with van der Waals surface area (Å²) in [5.41, 5.74) is 8.36. The van der Waals surface area contributed by atoms with E-state index in [1.165, 1.54) is 5.12 Å². The topological polar surface area (TPSA) is 129 Å². The molecule has 2 saturated heterocycles. The number of carbonyl (C=O) groups is 1. The number of anilines is 1. The molecule has 1 aromatic carbocycles. The number of aromatic nitrogens is 2. The average molecular weight is 528 g/mol. The molecule has 1 amide bonds. The molecule has 198 valence electrons. The number of nitrogens with zero attached hydrogens (tertiary/aromatic N) is 7. The zero-order chi connectivity index (χ0) is 26.2. The lowest BCUT2D eigenvalue weighted by atomic mass is 10.1. The highest BCUT2D eigenvalue weighted by atomic mass is 35.5. The third-order valence-electron chi connectivity index (χ3n) is 6.20. The molecule has 0 atom stereocenters. The van der Waals surface area contributed by atoms with E-state index >= 15 is 0 Å². The number of hydrazine groups is 1. The van der Waals surface area contributed by atoms with Crippen LogP contribution in [0.5, 0.6) is 0 Å². The molecule has 2 fully saturated rings. The van der Waals surface area contributed by atoms with Crippen molar-refractivity contribution in [3.05, 3.63) is 58.4 Å². The number of amidine groups is 1. The number of hydrogen-bond acceptors (Lipinski definition) is 9. The molecule has 4 rings (SSSR count). The quantitative estimate of drug-likeness (QED) is 0.171. The van der Waals surface area contributed by atoms with Gasteiger partial charge in [0.1, 0.15) is 5.84 Å². The van der Waals surface area contributed by atoms with Crippen LogP contribution in [0.1, 0.15) is 23.6 Å². The Morgan fingerprint density at radius 3 is 2.54 bits per heavy atom. The van der Waals surface area contributed by atoms with Crippen LogP contribution in [-0.2, 0) is 22.6 Å². The van der Waals surface area contributed by atoms with Gasteiger partial charge in [-0.15, -0.1) is 5.10 Å². The summed E-state index contributed by atoms with van der Waals surface area (Å²) in [6.45, 7) is 8.66. The third kappa shape index (κ3) is 7.86. The number of nitrogens with two attached hydrogens (primary N) is 2. The number of rotatable bonds is 8. The lowest BCUT2D eigenvalue weighted by molar-refractivity contribution is -0.127. The normalized spacial score (nSPS) is 17.4. The van der Waals surface area contributed by atoms with Crippen molar-refractivity contribution in [3.63, 3.8) is 0 Å². The van der Waals surface area contributed by atoms with Crippen LogP contribution >= 0.6 is 11.6 Å². The Morgan fingerprint density at radius 1 is 1.16 bits per heavy atom. The molecule has 0 saturated carbocycles. The van der Waals surface area contributed by atoms with Crippen molar-refractivity contribution in [2.45, 2.75) is 20.0 Å². The highest BCUT2D eigenvalue weighted by Crippen LogP contribution is 2.19. The molecule has 0 bridgehead atoms. The van der Waals surface area contributed by atoms with Crippen LogP contribution < -0.4 is 16.5 Å². The van der Waals surface area contributed by atoms with Gasteiger partial charge < -0.3 is 20.3 Å². The van der Waals surface area contributed by atoms with Crippen molar-refractivity contribution >= 4 is 35.4 Å². The summed E-state index contributed by atoms with van der Waals surface area (Å²) >= 11 is 6.17. The second-order valence-corrected chi connectivity index (χ2v) is 9.54. The molecule has 37 heavy (non-hydrogen) atoms. The van der Waals surface area contributed by atoms with Gasteiger partial charge in [-0.1, -0.05) is 17.7 Å². The van der Waals surface area contributed by atoms with E-state index in [1.54, 1.807) is 25.1 Å². The second-order valence-electron chi connectivity index (χ2n) is 9.11. The molecule has 0 aliphatic carbocycles. The molecule has 11 nitrogen and oxygen atoms in total. The molecule has 0 unspecified atom stereocenters. The van der Waals surface area contributed by atoms with Crippen molar-refractivity contribution < 1.29 is 9.53 Å². The molecular weight excluding hydrogens is 494 g/mol. The van der Waals surface area contributed by atoms with Crippen LogP contribution in [0.25, 0.3) is 6.08 Å². The van der Waals surface area contributed by atoms with E-state index in [-0.39, 0.29) is 5.91 Å². The summed E-state index contributed by atoms with van der Waals surface area (Å²) in [6, 6.07) is 5.45. The van der Waals surface area contributed by atoms with E-state index in [9.17, 15) is 4.79 Å². The summed E-state index contributed by atoms with van der Waals surface area (Å²) in [4.78, 5) is 28.2. The number of hydrazone groups is 1. The largest absolute Gasteiger partial charge is 0.386 e. The first-order valence-electron chi connectivity index (χ1n) is 12.3. The van der Waals surface area contributed by atoms with Gasteiger partial charge in [-0.3, -0.25) is 9.69 Å². The van der Waals surface area contributed by atoms with Gasteiger partial charge in [0.15, 0.2) is 0 Å². The average Bonchev–Trinajstić information content (AvgIpc) is 2.89. The van der Waals surface area contributed by atoms with Gasteiger partial charge in [0.2, 0.25) is 11.9 Å². The Bertz CT molecular complexity index is 1110. The number of benzene rings is 1. The summed E-state index contributed by atoms with van der Waals surface area (Å²) in [7, 11) is 0. The van der Waals surface area contributed by atoms with Gasteiger partial charge in [0.05, 0.1) is 19.8 Å². The van der Waals surface area contributed by atoms with Gasteiger partial charge in [-0.25, -0.2) is 20.9 Å². The number of morpholine rings is 1. The minimum atomic E-state index is -0.0285. The molecular formula is C25H34ClN9O2. The van der Waals surface area contributed by atoms with E-state index in [4.69, 9.17) is 27.9 Å². The number of amides is 1. The van der Waals surface area contributed by atoms with Gasteiger partial charge in [-0.05, 0) is 36.3 Å². The molecule has 0 radical (unpaired) electrons. The smallest absolute Gasteiger partial charge is 0.246 e. The fraction of sp³-hybridized carbons (Fsp3) is 0.440. The fourth-order valence-electron chi connectivity index (χ4n) is 4.29. The van der Waals surface area contributed by atoms with Crippen LogP contribution in [-0.4, -0.2) is 89.1 Å². The maximum absolute atomic E-state index is 12.9. The van der Waals surface area contributed by atoms with Gasteiger partial charge in [-0.2, -0.15) is 0 Å². The van der Waals surface area contributed by atoms with Crippen molar-refractivity contribution in [1.29, 1.82) is 0 Å². The highest BCUT2D eigenvalue weighted by Gasteiger charge is 2.20. The van der Waals surface area contributed by atoms with Crippen LogP contribution in [0.4, 0.5) is 5.95 Å². The molecule has 0 spiro atoms. The Kier molecular flexibility index (Phi) is 9.29. The third-order valence-corrected chi connectivity index (χ3v) is 6.44. The number of hydrogen-bond donors (Lipinski definition) is 2. The highest BCUT2D eigenvalue weighted by molar-refractivity contribution is 6.30. The number of halogens is 1. The van der Waals surface area contributed by atoms with E-state index in [0.29, 0.717) is 43.7 Å². The first-order chi connectivity index (χ1) is 17.9. The van der Waals surface area contributed by atoms with Gasteiger partial charge in [0.25, 0.3) is 0 Å². The van der Waals surface area contributed by atoms with Crippen LogP contribution in [0.15, 0.2) is 41.8 Å². The second kappa shape index (κ2) is 12.8. The minimum absolute atomic E-state index is 0.0285. The molecule has 2 aliphatic heterocycles. The summed E-state index contributed by atoms with van der Waals surface area (Å²) < 4.78 is 5.39. The maximum Gasteiger partial charge on any atom is 0.246 e. The lowest BCUT2D eigenvalue weighted by Gasteiger charge is -2.34. The summed E-state index contributed by atoms with van der Waals surface area (Å²) in [5.74, 6) is 6.99. The lowest BCUT2D eigenvalue weighted by Crippen LogP contribution is -2.47. The fourth-order valence-corrected chi connectivity index (χ4v) is 4.49.